The van der Waals surface area contributed by atoms with E-state index < -0.39 is 0 Å². The molecule has 0 saturated carbocycles. The van der Waals surface area contributed by atoms with Crippen LogP contribution in [0.25, 0.3) is 60.3 Å². The Kier molecular flexibility index (Phi) is 5.16. The number of aromatic nitrogens is 1. The van der Waals surface area contributed by atoms with Gasteiger partial charge in [-0.25, -0.2) is 9.41 Å². The number of aryl methyl sites for hydroxylation is 3. The predicted octanol–water partition coefficient (Wildman–Crippen LogP) is 8.58. The molecule has 36 heavy (non-hydrogen) atoms. The molecule has 6 rings (SSSR count). The minimum absolute atomic E-state index is 0.623. The Balaban J connectivity index is 1.64. The van der Waals surface area contributed by atoms with Gasteiger partial charge >= 0.3 is 0 Å². The molecular weight excluding hydrogens is 440 g/mol. The van der Waals surface area contributed by atoms with E-state index in [0.29, 0.717) is 5.69 Å². The molecule has 0 radical (unpaired) electrons. The molecule has 4 aromatic carbocycles. The summed E-state index contributed by atoms with van der Waals surface area (Å²) in [5.74, 6) is 0. The second kappa shape index (κ2) is 8.52. The minimum Gasteiger partial charge on any atom is -0.456 e. The van der Waals surface area contributed by atoms with Gasteiger partial charge in [-0.1, -0.05) is 72.8 Å². The van der Waals surface area contributed by atoms with Gasteiger partial charge in [-0.05, 0) is 47.7 Å². The van der Waals surface area contributed by atoms with Crippen LogP contribution in [0.15, 0.2) is 102 Å². The molecule has 172 valence electrons. The Labute approximate surface area is 210 Å². The van der Waals surface area contributed by atoms with Crippen LogP contribution in [0.5, 0.6) is 0 Å². The highest BCUT2D eigenvalue weighted by atomic mass is 16.3. The molecule has 0 fully saturated rings. The maximum Gasteiger partial charge on any atom is 0.216 e. The number of hydrogen-bond donors (Lipinski definition) is 0. The quantitative estimate of drug-likeness (QED) is 0.189. The Bertz CT molecular complexity index is 1800. The van der Waals surface area contributed by atoms with Gasteiger partial charge in [0.2, 0.25) is 5.69 Å². The molecule has 0 N–H and O–H groups in total. The van der Waals surface area contributed by atoms with E-state index in [4.69, 9.17) is 11.0 Å². The molecule has 0 aliphatic heterocycles. The van der Waals surface area contributed by atoms with Crippen LogP contribution in [0.3, 0.4) is 0 Å². The molecule has 2 aromatic heterocycles. The van der Waals surface area contributed by atoms with Crippen LogP contribution in [0.4, 0.5) is 5.69 Å². The topological polar surface area (TPSA) is 21.4 Å². The third-order valence-corrected chi connectivity index (χ3v) is 7.01. The van der Waals surface area contributed by atoms with Gasteiger partial charge in [0.05, 0.1) is 12.1 Å². The van der Waals surface area contributed by atoms with E-state index in [2.05, 4.69) is 90.0 Å². The van der Waals surface area contributed by atoms with Crippen molar-refractivity contribution in [2.75, 3.05) is 0 Å². The summed E-state index contributed by atoms with van der Waals surface area (Å²) in [7, 11) is 2.05. The molecule has 0 unspecified atom stereocenters. The molecule has 3 heteroatoms. The highest BCUT2D eigenvalue weighted by molar-refractivity contribution is 6.18. The molecule has 3 nitrogen and oxygen atoms in total. The average Bonchev–Trinajstić information content (AvgIpc) is 3.28. The zero-order chi connectivity index (χ0) is 24.8. The lowest BCUT2D eigenvalue weighted by atomic mass is 9.94. The normalized spacial score (nSPS) is 11.2. The van der Waals surface area contributed by atoms with Crippen molar-refractivity contribution in [2.24, 2.45) is 7.05 Å². The molecule has 0 spiro atoms. The lowest BCUT2D eigenvalue weighted by Gasteiger charge is -2.10. The number of nitrogens with zero attached hydrogens (tertiary/aromatic N) is 2. The summed E-state index contributed by atoms with van der Waals surface area (Å²) in [6, 6.07) is 31.4. The van der Waals surface area contributed by atoms with E-state index >= 15 is 0 Å². The third kappa shape index (κ3) is 3.39. The molecule has 0 aliphatic carbocycles. The fourth-order valence-electron chi connectivity index (χ4n) is 5.23. The standard InChI is InChI=1S/C33H25N2O/c1-21-13-18-26-31-27(34-3)20-22(2)29(25-16-14-24(15-17-25)23-10-6-5-7-11-23)33(31)36-32(26)30(21)28-12-8-9-19-35(28)4/h5-20H,1-2,4H3/q+1. The van der Waals surface area contributed by atoms with Crippen LogP contribution < -0.4 is 4.57 Å². The van der Waals surface area contributed by atoms with E-state index in [1.807, 2.05) is 37.5 Å². The molecule has 2 heterocycles. The second-order valence-corrected chi connectivity index (χ2v) is 9.28. The molecular formula is C33H25N2O+. The van der Waals surface area contributed by atoms with Crippen LogP contribution in [0, 0.1) is 20.4 Å². The Morgan fingerprint density at radius 1 is 0.694 bits per heavy atom. The summed E-state index contributed by atoms with van der Waals surface area (Å²) < 4.78 is 8.85. The van der Waals surface area contributed by atoms with E-state index in [0.717, 1.165) is 55.4 Å². The number of benzene rings is 4. The van der Waals surface area contributed by atoms with Gasteiger partial charge in [-0.3, -0.25) is 0 Å². The molecule has 0 saturated heterocycles. The van der Waals surface area contributed by atoms with Crippen molar-refractivity contribution < 1.29 is 8.98 Å². The number of rotatable bonds is 3. The van der Waals surface area contributed by atoms with Crippen LogP contribution in [-0.4, -0.2) is 0 Å². The van der Waals surface area contributed by atoms with Crippen molar-refractivity contribution in [3.8, 4) is 33.5 Å². The number of pyridine rings is 1. The zero-order valence-electron chi connectivity index (χ0n) is 20.5. The zero-order valence-corrected chi connectivity index (χ0v) is 20.5. The largest absolute Gasteiger partial charge is 0.456 e. The first-order valence-electron chi connectivity index (χ1n) is 12.0. The van der Waals surface area contributed by atoms with Crippen molar-refractivity contribution in [1.82, 2.24) is 0 Å². The fourth-order valence-corrected chi connectivity index (χ4v) is 5.23. The lowest BCUT2D eigenvalue weighted by molar-refractivity contribution is -0.660. The van der Waals surface area contributed by atoms with Crippen molar-refractivity contribution in [1.29, 1.82) is 0 Å². The fraction of sp³-hybridized carbons (Fsp3) is 0.0909. The van der Waals surface area contributed by atoms with Crippen molar-refractivity contribution in [2.45, 2.75) is 13.8 Å². The first-order chi connectivity index (χ1) is 17.6. The van der Waals surface area contributed by atoms with Gasteiger partial charge in [-0.2, -0.15) is 0 Å². The van der Waals surface area contributed by atoms with Crippen LogP contribution >= 0.6 is 0 Å². The smallest absolute Gasteiger partial charge is 0.216 e. The van der Waals surface area contributed by atoms with Crippen LogP contribution in [0.2, 0.25) is 0 Å². The van der Waals surface area contributed by atoms with Crippen molar-refractivity contribution in [3.63, 3.8) is 0 Å². The highest BCUT2D eigenvalue weighted by Gasteiger charge is 2.24. The number of fused-ring (bicyclic) bond motifs is 3. The van der Waals surface area contributed by atoms with Gasteiger partial charge in [0, 0.05) is 28.5 Å². The molecule has 0 bridgehead atoms. The van der Waals surface area contributed by atoms with E-state index in [9.17, 15) is 0 Å². The van der Waals surface area contributed by atoms with Gasteiger partial charge < -0.3 is 4.42 Å². The Morgan fingerprint density at radius 2 is 1.39 bits per heavy atom. The van der Waals surface area contributed by atoms with Crippen LogP contribution in [0.1, 0.15) is 11.1 Å². The van der Waals surface area contributed by atoms with Gasteiger partial charge in [0.15, 0.2) is 11.9 Å². The minimum atomic E-state index is 0.623. The summed E-state index contributed by atoms with van der Waals surface area (Å²) >= 11 is 0. The molecule has 6 aromatic rings. The van der Waals surface area contributed by atoms with Gasteiger partial charge in [-0.15, -0.1) is 0 Å². The maximum absolute atomic E-state index is 7.91. The first-order valence-corrected chi connectivity index (χ1v) is 12.0. The molecule has 0 atom stereocenters. The van der Waals surface area contributed by atoms with Crippen molar-refractivity contribution >= 4 is 27.6 Å². The van der Waals surface area contributed by atoms with E-state index in [1.54, 1.807) is 0 Å². The summed E-state index contributed by atoms with van der Waals surface area (Å²) in [6.07, 6.45) is 2.05. The molecule has 0 aliphatic rings. The Hall–Kier alpha value is -4.68. The van der Waals surface area contributed by atoms with Gasteiger partial charge in [0.1, 0.15) is 18.2 Å². The van der Waals surface area contributed by atoms with Crippen LogP contribution in [-0.2, 0) is 7.05 Å². The number of furan rings is 1. The third-order valence-electron chi connectivity index (χ3n) is 7.01. The average molecular weight is 466 g/mol. The summed E-state index contributed by atoms with van der Waals surface area (Å²) in [4.78, 5) is 3.90. The van der Waals surface area contributed by atoms with E-state index in [-0.39, 0.29) is 0 Å². The SMILES string of the molecule is [C-]#[N+]c1cc(C)c(-c2ccc(-c3ccccc3)cc2)c2oc3c(-c4cccc[n+]4C)c(C)ccc3c12. The van der Waals surface area contributed by atoms with E-state index in [1.165, 1.54) is 11.1 Å². The van der Waals surface area contributed by atoms with Gasteiger partial charge in [0.25, 0.3) is 0 Å². The lowest BCUT2D eigenvalue weighted by Crippen LogP contribution is -2.30. The first kappa shape index (κ1) is 21.8. The Morgan fingerprint density at radius 3 is 2.11 bits per heavy atom. The summed E-state index contributed by atoms with van der Waals surface area (Å²) in [5, 5.41) is 1.86. The predicted molar refractivity (Wildman–Crippen MR) is 147 cm³/mol. The second-order valence-electron chi connectivity index (χ2n) is 9.28. The monoisotopic (exact) mass is 465 g/mol. The highest BCUT2D eigenvalue weighted by Crippen LogP contribution is 2.46. The number of hydrogen-bond acceptors (Lipinski definition) is 1. The van der Waals surface area contributed by atoms with Crippen molar-refractivity contribution in [3.05, 3.63) is 120 Å². The summed E-state index contributed by atoms with van der Waals surface area (Å²) in [6.45, 7) is 12.1. The summed E-state index contributed by atoms with van der Waals surface area (Å²) in [5.41, 5.74) is 11.0. The molecule has 0 amide bonds. The maximum atomic E-state index is 7.91.